The Morgan fingerprint density at radius 2 is 1.97 bits per heavy atom. The first kappa shape index (κ1) is 19.8. The van der Waals surface area contributed by atoms with Crippen molar-refractivity contribution >= 4 is 46.0 Å². The van der Waals surface area contributed by atoms with E-state index in [2.05, 4.69) is 31.8 Å². The molecule has 1 saturated heterocycles. The summed E-state index contributed by atoms with van der Waals surface area (Å²) >= 11 is 13.6. The normalized spacial score (nSPS) is 15.2. The topological polar surface area (TPSA) is 71.4 Å². The molecule has 0 amide bonds. The van der Waals surface area contributed by atoms with Crippen LogP contribution < -0.4 is 5.32 Å². The summed E-state index contributed by atoms with van der Waals surface area (Å²) in [5, 5.41) is 17.0. The van der Waals surface area contributed by atoms with Crippen molar-refractivity contribution in [2.45, 2.75) is 28.8 Å². The molecular formula is C20H17Cl2FN6S. The summed E-state index contributed by atoms with van der Waals surface area (Å²) in [4.78, 5) is 4.91. The summed E-state index contributed by atoms with van der Waals surface area (Å²) in [6, 6.07) is 5.14. The largest absolute Gasteiger partial charge is 0.317 e. The van der Waals surface area contributed by atoms with Gasteiger partial charge in [-0.2, -0.15) is 10.2 Å². The number of halogens is 3. The quantitative estimate of drug-likeness (QED) is 0.400. The Balaban J connectivity index is 1.48. The first-order valence-corrected chi connectivity index (χ1v) is 11.1. The van der Waals surface area contributed by atoms with Crippen LogP contribution in [0.25, 0.3) is 22.2 Å². The van der Waals surface area contributed by atoms with E-state index >= 15 is 0 Å². The Kier molecular flexibility index (Phi) is 5.41. The number of aromatic amines is 1. The van der Waals surface area contributed by atoms with Crippen LogP contribution in [0.5, 0.6) is 0 Å². The molecule has 1 fully saturated rings. The van der Waals surface area contributed by atoms with Crippen molar-refractivity contribution in [1.29, 1.82) is 0 Å². The maximum atomic E-state index is 13.9. The van der Waals surface area contributed by atoms with E-state index in [-0.39, 0.29) is 5.02 Å². The highest BCUT2D eigenvalue weighted by molar-refractivity contribution is 7.99. The summed E-state index contributed by atoms with van der Waals surface area (Å²) in [5.74, 6) is -0.521. The van der Waals surface area contributed by atoms with E-state index in [9.17, 15) is 4.39 Å². The lowest BCUT2D eigenvalue weighted by molar-refractivity contribution is 0.343. The van der Waals surface area contributed by atoms with Crippen molar-refractivity contribution in [3.8, 4) is 11.1 Å². The zero-order valence-electron chi connectivity index (χ0n) is 15.7. The summed E-state index contributed by atoms with van der Waals surface area (Å²) in [6.07, 6.45) is 7.84. The third-order valence-corrected chi connectivity index (χ3v) is 7.24. The van der Waals surface area contributed by atoms with E-state index < -0.39 is 5.82 Å². The Morgan fingerprint density at radius 3 is 2.80 bits per heavy atom. The Labute approximate surface area is 186 Å². The van der Waals surface area contributed by atoms with Gasteiger partial charge in [-0.3, -0.25) is 9.78 Å². The SMILES string of the molecule is Fc1ccc(Cl)c(Sc2n[nH]c3ncc(-c4cnn(C5CCNCC5)c4)cc23)c1Cl. The number of nitrogens with one attached hydrogen (secondary N) is 2. The zero-order valence-corrected chi connectivity index (χ0v) is 18.0. The van der Waals surface area contributed by atoms with Gasteiger partial charge < -0.3 is 5.32 Å². The fourth-order valence-electron chi connectivity index (χ4n) is 3.57. The highest BCUT2D eigenvalue weighted by atomic mass is 35.5. The summed E-state index contributed by atoms with van der Waals surface area (Å²) < 4.78 is 15.9. The molecule has 0 unspecified atom stereocenters. The Bertz CT molecular complexity index is 1220. The smallest absolute Gasteiger partial charge is 0.156 e. The molecule has 0 saturated carbocycles. The van der Waals surface area contributed by atoms with Crippen LogP contribution in [0.15, 0.2) is 46.7 Å². The molecular weight excluding hydrogens is 446 g/mol. The number of piperidine rings is 1. The molecule has 1 aliphatic rings. The van der Waals surface area contributed by atoms with Crippen LogP contribution in [-0.2, 0) is 0 Å². The van der Waals surface area contributed by atoms with E-state index in [4.69, 9.17) is 23.2 Å². The van der Waals surface area contributed by atoms with Gasteiger partial charge in [-0.1, -0.05) is 35.0 Å². The molecule has 10 heteroatoms. The van der Waals surface area contributed by atoms with E-state index in [0.29, 0.717) is 26.6 Å². The van der Waals surface area contributed by atoms with E-state index in [0.717, 1.165) is 42.4 Å². The maximum Gasteiger partial charge on any atom is 0.156 e. The number of aromatic nitrogens is 5. The van der Waals surface area contributed by atoms with Gasteiger partial charge in [0.25, 0.3) is 0 Å². The van der Waals surface area contributed by atoms with Gasteiger partial charge in [-0.05, 0) is 44.1 Å². The molecule has 0 aliphatic carbocycles. The second-order valence-corrected chi connectivity index (χ2v) is 8.90. The number of H-pyrrole nitrogens is 1. The monoisotopic (exact) mass is 462 g/mol. The third-order valence-electron chi connectivity index (χ3n) is 5.20. The highest BCUT2D eigenvalue weighted by Crippen LogP contribution is 2.41. The van der Waals surface area contributed by atoms with Crippen LogP contribution in [0.1, 0.15) is 18.9 Å². The fraction of sp³-hybridized carbons (Fsp3) is 0.250. The minimum absolute atomic E-state index is 0.0176. The fourth-order valence-corrected chi connectivity index (χ4v) is 5.08. The molecule has 0 atom stereocenters. The number of hydrogen-bond acceptors (Lipinski definition) is 5. The van der Waals surface area contributed by atoms with Crippen LogP contribution in [0.4, 0.5) is 4.39 Å². The van der Waals surface area contributed by atoms with Gasteiger partial charge in [0.15, 0.2) is 5.65 Å². The van der Waals surface area contributed by atoms with Crippen molar-refractivity contribution in [3.63, 3.8) is 0 Å². The molecule has 30 heavy (non-hydrogen) atoms. The molecule has 6 nitrogen and oxygen atoms in total. The third kappa shape index (κ3) is 3.69. The minimum Gasteiger partial charge on any atom is -0.317 e. The van der Waals surface area contributed by atoms with Gasteiger partial charge in [-0.25, -0.2) is 9.37 Å². The van der Waals surface area contributed by atoms with E-state index in [1.807, 2.05) is 16.9 Å². The predicted octanol–water partition coefficient (Wildman–Crippen LogP) is 5.34. The highest BCUT2D eigenvalue weighted by Gasteiger charge is 2.18. The molecule has 1 aliphatic heterocycles. The van der Waals surface area contributed by atoms with Crippen LogP contribution in [0.3, 0.4) is 0 Å². The molecule has 154 valence electrons. The molecule has 5 rings (SSSR count). The van der Waals surface area contributed by atoms with Crippen LogP contribution in [-0.4, -0.2) is 38.1 Å². The van der Waals surface area contributed by atoms with Crippen LogP contribution in [0.2, 0.25) is 10.0 Å². The molecule has 2 N–H and O–H groups in total. The van der Waals surface area contributed by atoms with Crippen LogP contribution in [0, 0.1) is 5.82 Å². The van der Waals surface area contributed by atoms with Gasteiger partial charge in [-0.15, -0.1) is 0 Å². The molecule has 3 aromatic heterocycles. The van der Waals surface area contributed by atoms with E-state index in [1.165, 1.54) is 23.9 Å². The second-order valence-electron chi connectivity index (χ2n) is 7.11. The van der Waals surface area contributed by atoms with E-state index in [1.54, 1.807) is 6.20 Å². The maximum absolute atomic E-state index is 13.9. The van der Waals surface area contributed by atoms with Crippen molar-refractivity contribution in [2.75, 3.05) is 13.1 Å². The average Bonchev–Trinajstić information content (AvgIpc) is 3.42. The van der Waals surface area contributed by atoms with Gasteiger partial charge in [0.05, 0.1) is 32.6 Å². The lowest BCUT2D eigenvalue weighted by Gasteiger charge is -2.22. The molecule has 4 heterocycles. The van der Waals surface area contributed by atoms with Crippen molar-refractivity contribution < 1.29 is 4.39 Å². The minimum atomic E-state index is -0.521. The number of hydrogen-bond donors (Lipinski definition) is 2. The molecule has 0 bridgehead atoms. The lowest BCUT2D eigenvalue weighted by atomic mass is 10.1. The Hall–Kier alpha value is -2.13. The summed E-state index contributed by atoms with van der Waals surface area (Å²) in [6.45, 7) is 2.02. The lowest BCUT2D eigenvalue weighted by Crippen LogP contribution is -2.29. The first-order valence-electron chi connectivity index (χ1n) is 9.51. The first-order chi connectivity index (χ1) is 14.6. The average molecular weight is 463 g/mol. The standard InChI is InChI=1S/C20H17Cl2FN6S/c21-15-1-2-16(23)17(22)18(15)30-20-14-7-11(8-25-19(14)27-28-20)12-9-26-29(10-12)13-3-5-24-6-4-13/h1-2,7-10,13,24H,3-6H2,(H,25,27,28). The van der Waals surface area contributed by atoms with Crippen molar-refractivity contribution in [1.82, 2.24) is 30.3 Å². The molecule has 0 spiro atoms. The molecule has 0 radical (unpaired) electrons. The van der Waals surface area contributed by atoms with Gasteiger partial charge in [0.2, 0.25) is 0 Å². The summed E-state index contributed by atoms with van der Waals surface area (Å²) in [7, 11) is 0. The zero-order chi connectivity index (χ0) is 20.7. The van der Waals surface area contributed by atoms with Crippen molar-refractivity contribution in [2.24, 2.45) is 0 Å². The van der Waals surface area contributed by atoms with Crippen molar-refractivity contribution in [3.05, 3.63) is 52.7 Å². The van der Waals surface area contributed by atoms with Gasteiger partial charge in [0, 0.05) is 23.5 Å². The summed E-state index contributed by atoms with van der Waals surface area (Å²) in [5.41, 5.74) is 2.56. The Morgan fingerprint density at radius 1 is 1.13 bits per heavy atom. The molecule has 4 aromatic rings. The number of rotatable bonds is 4. The number of fused-ring (bicyclic) bond motifs is 1. The number of nitrogens with zero attached hydrogens (tertiary/aromatic N) is 4. The van der Waals surface area contributed by atoms with Gasteiger partial charge in [0.1, 0.15) is 10.8 Å². The number of pyridine rings is 1. The predicted molar refractivity (Wildman–Crippen MR) is 117 cm³/mol. The number of benzene rings is 1. The van der Waals surface area contributed by atoms with Crippen LogP contribution >= 0.6 is 35.0 Å². The second kappa shape index (κ2) is 8.19. The molecule has 1 aromatic carbocycles. The van der Waals surface area contributed by atoms with Gasteiger partial charge >= 0.3 is 0 Å².